The number of aromatic amines is 1. The fraction of sp³-hybridized carbons (Fsp3) is 0.500. The number of rotatable bonds is 4. The Bertz CT molecular complexity index is 430. The molecule has 0 aromatic carbocycles. The fourth-order valence-electron chi connectivity index (χ4n) is 1.38. The van der Waals surface area contributed by atoms with Crippen LogP contribution in [-0.2, 0) is 6.54 Å². The van der Waals surface area contributed by atoms with Crippen LogP contribution in [0.3, 0.4) is 0 Å². The third kappa shape index (κ3) is 2.27. The van der Waals surface area contributed by atoms with Gasteiger partial charge >= 0.3 is 0 Å². The number of nitrogens with two attached hydrogens (primary N) is 1. The van der Waals surface area contributed by atoms with Crippen molar-refractivity contribution >= 4 is 0 Å². The minimum atomic E-state index is -0.123. The van der Waals surface area contributed by atoms with Crippen LogP contribution in [0.15, 0.2) is 18.5 Å². The van der Waals surface area contributed by atoms with Gasteiger partial charge in [0.1, 0.15) is 12.4 Å². The minimum absolute atomic E-state index is 0.123. The highest BCUT2D eigenvalue weighted by Crippen LogP contribution is 2.14. The molecule has 0 unspecified atom stereocenters. The Balaban J connectivity index is 2.08. The summed E-state index contributed by atoms with van der Waals surface area (Å²) >= 11 is 0. The Kier molecular flexibility index (Phi) is 3.00. The standard InChI is InChI=1S/C10H16N6/c1-7(2)9(11)10-13-8(14-15-10)6-16-5-3-4-12-16/h3-5,7,9H,6,11H2,1-2H3,(H,13,14,15)/t9-/m1/s1. The molecule has 2 aromatic rings. The van der Waals surface area contributed by atoms with Crippen molar-refractivity contribution in [2.45, 2.75) is 26.4 Å². The highest BCUT2D eigenvalue weighted by molar-refractivity contribution is 4.97. The quantitative estimate of drug-likeness (QED) is 0.794. The first-order chi connectivity index (χ1) is 7.66. The van der Waals surface area contributed by atoms with Crippen LogP contribution in [0.25, 0.3) is 0 Å². The molecule has 3 N–H and O–H groups in total. The van der Waals surface area contributed by atoms with Crippen molar-refractivity contribution in [1.29, 1.82) is 0 Å². The van der Waals surface area contributed by atoms with Gasteiger partial charge in [0, 0.05) is 12.4 Å². The van der Waals surface area contributed by atoms with E-state index in [-0.39, 0.29) is 6.04 Å². The van der Waals surface area contributed by atoms with Gasteiger partial charge in [-0.25, -0.2) is 4.98 Å². The van der Waals surface area contributed by atoms with Crippen molar-refractivity contribution in [2.75, 3.05) is 0 Å². The Morgan fingerprint density at radius 1 is 1.50 bits per heavy atom. The van der Waals surface area contributed by atoms with Crippen LogP contribution in [0.1, 0.15) is 31.5 Å². The molecule has 2 heterocycles. The zero-order valence-corrected chi connectivity index (χ0v) is 9.46. The Hall–Kier alpha value is -1.69. The molecule has 0 aliphatic heterocycles. The van der Waals surface area contributed by atoms with E-state index in [1.807, 2.05) is 26.1 Å². The predicted molar refractivity (Wildman–Crippen MR) is 59.5 cm³/mol. The average molecular weight is 220 g/mol. The number of H-pyrrole nitrogens is 1. The average Bonchev–Trinajstić information content (AvgIpc) is 2.88. The van der Waals surface area contributed by atoms with Crippen molar-refractivity contribution < 1.29 is 0 Å². The lowest BCUT2D eigenvalue weighted by molar-refractivity contribution is 0.491. The van der Waals surface area contributed by atoms with Crippen LogP contribution >= 0.6 is 0 Å². The molecule has 0 spiro atoms. The highest BCUT2D eigenvalue weighted by Gasteiger charge is 2.15. The lowest BCUT2D eigenvalue weighted by Crippen LogP contribution is -2.18. The van der Waals surface area contributed by atoms with E-state index in [9.17, 15) is 0 Å². The van der Waals surface area contributed by atoms with Gasteiger partial charge in [-0.1, -0.05) is 13.8 Å². The van der Waals surface area contributed by atoms with E-state index in [2.05, 4.69) is 20.3 Å². The fourth-order valence-corrected chi connectivity index (χ4v) is 1.38. The van der Waals surface area contributed by atoms with E-state index in [1.54, 1.807) is 10.9 Å². The van der Waals surface area contributed by atoms with E-state index in [4.69, 9.17) is 5.73 Å². The molecule has 0 bridgehead atoms. The van der Waals surface area contributed by atoms with E-state index in [0.717, 1.165) is 5.82 Å². The zero-order valence-electron chi connectivity index (χ0n) is 9.46. The maximum atomic E-state index is 5.96. The summed E-state index contributed by atoms with van der Waals surface area (Å²) in [6, 6.07) is 1.75. The second kappa shape index (κ2) is 4.44. The van der Waals surface area contributed by atoms with Crippen molar-refractivity contribution in [3.8, 4) is 0 Å². The monoisotopic (exact) mass is 220 g/mol. The van der Waals surface area contributed by atoms with Crippen LogP contribution in [0, 0.1) is 5.92 Å². The molecule has 2 aromatic heterocycles. The van der Waals surface area contributed by atoms with Crippen LogP contribution in [0.2, 0.25) is 0 Å². The molecule has 6 heteroatoms. The van der Waals surface area contributed by atoms with E-state index < -0.39 is 0 Å². The molecule has 86 valence electrons. The summed E-state index contributed by atoms with van der Waals surface area (Å²) in [7, 11) is 0. The molecule has 0 fully saturated rings. The molecular weight excluding hydrogens is 204 g/mol. The lowest BCUT2D eigenvalue weighted by atomic mass is 10.1. The van der Waals surface area contributed by atoms with Gasteiger partial charge in [0.25, 0.3) is 0 Å². The van der Waals surface area contributed by atoms with Crippen LogP contribution in [-0.4, -0.2) is 25.0 Å². The van der Waals surface area contributed by atoms with Gasteiger partial charge in [-0.2, -0.15) is 10.2 Å². The summed E-state index contributed by atoms with van der Waals surface area (Å²) in [4.78, 5) is 4.35. The van der Waals surface area contributed by atoms with Gasteiger partial charge in [0.15, 0.2) is 5.82 Å². The molecule has 0 radical (unpaired) electrons. The summed E-state index contributed by atoms with van der Waals surface area (Å²) in [6.07, 6.45) is 3.61. The molecular formula is C10H16N6. The normalized spacial score (nSPS) is 13.2. The van der Waals surface area contributed by atoms with Crippen molar-refractivity contribution in [1.82, 2.24) is 25.0 Å². The topological polar surface area (TPSA) is 85.4 Å². The first kappa shape index (κ1) is 10.8. The maximum Gasteiger partial charge on any atom is 0.167 e. The lowest BCUT2D eigenvalue weighted by Gasteiger charge is -2.10. The Morgan fingerprint density at radius 2 is 2.31 bits per heavy atom. The smallest absolute Gasteiger partial charge is 0.167 e. The molecule has 0 saturated carbocycles. The van der Waals surface area contributed by atoms with E-state index in [1.165, 1.54) is 0 Å². The molecule has 16 heavy (non-hydrogen) atoms. The molecule has 6 nitrogen and oxygen atoms in total. The Morgan fingerprint density at radius 3 is 2.94 bits per heavy atom. The van der Waals surface area contributed by atoms with Gasteiger partial charge in [0.2, 0.25) is 0 Å². The third-order valence-corrected chi connectivity index (χ3v) is 2.44. The molecule has 0 saturated heterocycles. The van der Waals surface area contributed by atoms with Crippen LogP contribution < -0.4 is 5.73 Å². The summed E-state index contributed by atoms with van der Waals surface area (Å²) in [5.41, 5.74) is 5.96. The number of nitrogens with zero attached hydrogens (tertiary/aromatic N) is 4. The maximum absolute atomic E-state index is 5.96. The predicted octanol–water partition coefficient (Wildman–Crippen LogP) is 0.705. The summed E-state index contributed by atoms with van der Waals surface area (Å²) < 4.78 is 1.78. The number of hydrogen-bond acceptors (Lipinski definition) is 4. The second-order valence-corrected chi connectivity index (χ2v) is 4.11. The molecule has 0 aliphatic carbocycles. The van der Waals surface area contributed by atoms with Gasteiger partial charge < -0.3 is 5.73 Å². The molecule has 1 atom stereocenters. The molecule has 0 aliphatic rings. The van der Waals surface area contributed by atoms with Gasteiger partial charge in [0.05, 0.1) is 6.04 Å². The first-order valence-electron chi connectivity index (χ1n) is 5.31. The third-order valence-electron chi connectivity index (χ3n) is 2.44. The van der Waals surface area contributed by atoms with Crippen LogP contribution in [0.4, 0.5) is 0 Å². The molecule has 2 rings (SSSR count). The first-order valence-corrected chi connectivity index (χ1v) is 5.31. The SMILES string of the molecule is CC(C)[C@@H](N)c1n[nH]c(Cn2cccn2)n1. The van der Waals surface area contributed by atoms with Gasteiger partial charge in [-0.15, -0.1) is 0 Å². The van der Waals surface area contributed by atoms with E-state index in [0.29, 0.717) is 18.3 Å². The van der Waals surface area contributed by atoms with E-state index >= 15 is 0 Å². The largest absolute Gasteiger partial charge is 0.321 e. The second-order valence-electron chi connectivity index (χ2n) is 4.11. The summed E-state index contributed by atoms with van der Waals surface area (Å²) in [6.45, 7) is 4.69. The van der Waals surface area contributed by atoms with Crippen molar-refractivity contribution in [3.63, 3.8) is 0 Å². The number of nitrogens with one attached hydrogen (secondary N) is 1. The van der Waals surface area contributed by atoms with Crippen LogP contribution in [0.5, 0.6) is 0 Å². The summed E-state index contributed by atoms with van der Waals surface area (Å²) in [5.74, 6) is 1.76. The highest BCUT2D eigenvalue weighted by atomic mass is 15.3. The number of hydrogen-bond donors (Lipinski definition) is 2. The zero-order chi connectivity index (χ0) is 11.5. The minimum Gasteiger partial charge on any atom is -0.321 e. The Labute approximate surface area is 93.9 Å². The van der Waals surface area contributed by atoms with Gasteiger partial charge in [-0.05, 0) is 12.0 Å². The molecule has 0 amide bonds. The summed E-state index contributed by atoms with van der Waals surface area (Å²) in [5, 5.41) is 11.1. The van der Waals surface area contributed by atoms with Crippen molar-refractivity contribution in [2.24, 2.45) is 11.7 Å². The van der Waals surface area contributed by atoms with Crippen molar-refractivity contribution in [3.05, 3.63) is 30.1 Å². The van der Waals surface area contributed by atoms with Gasteiger partial charge in [-0.3, -0.25) is 9.78 Å². The number of aromatic nitrogens is 5.